The quantitative estimate of drug-likeness (QED) is 0.704. The molecule has 5 heteroatoms. The second-order valence-corrected chi connectivity index (χ2v) is 4.78. The molecule has 0 heterocycles. The molecular weight excluding hydrogens is 256 g/mol. The van der Waals surface area contributed by atoms with Crippen LogP contribution in [0.2, 0.25) is 0 Å². The van der Waals surface area contributed by atoms with Crippen LogP contribution in [-0.2, 0) is 9.59 Å². The minimum Gasteiger partial charge on any atom is -0.480 e. The Bertz CT molecular complexity index is 455. The molecule has 0 aromatic heterocycles. The number of amides is 1. The molecule has 20 heavy (non-hydrogen) atoms. The largest absolute Gasteiger partial charge is 0.480 e. The zero-order chi connectivity index (χ0) is 15.2. The van der Waals surface area contributed by atoms with Crippen molar-refractivity contribution in [3.05, 3.63) is 35.9 Å². The van der Waals surface area contributed by atoms with Gasteiger partial charge in [-0.2, -0.15) is 0 Å². The predicted octanol–water partition coefficient (Wildman–Crippen LogP) is 1.49. The molecule has 4 N–H and O–H groups in total. The number of benzene rings is 1. The highest BCUT2D eigenvalue weighted by atomic mass is 16.4. The number of aliphatic carboxylic acids is 1. The highest BCUT2D eigenvalue weighted by molar-refractivity contribution is 5.90. The van der Waals surface area contributed by atoms with Gasteiger partial charge >= 0.3 is 5.97 Å². The Morgan fingerprint density at radius 1 is 1.25 bits per heavy atom. The van der Waals surface area contributed by atoms with Crippen LogP contribution in [0.5, 0.6) is 0 Å². The van der Waals surface area contributed by atoms with Gasteiger partial charge in [0.2, 0.25) is 5.91 Å². The lowest BCUT2D eigenvalue weighted by Gasteiger charge is -2.30. The molecule has 1 amide bonds. The van der Waals surface area contributed by atoms with Crippen molar-refractivity contribution in [2.45, 2.75) is 38.1 Å². The van der Waals surface area contributed by atoms with E-state index in [9.17, 15) is 14.7 Å². The molecule has 0 spiro atoms. The minimum absolute atomic E-state index is 0.138. The van der Waals surface area contributed by atoms with Crippen LogP contribution in [-0.4, -0.2) is 29.1 Å². The van der Waals surface area contributed by atoms with Crippen molar-refractivity contribution in [1.82, 2.24) is 5.32 Å². The van der Waals surface area contributed by atoms with Crippen molar-refractivity contribution in [2.24, 2.45) is 5.73 Å². The fourth-order valence-corrected chi connectivity index (χ4v) is 2.19. The van der Waals surface area contributed by atoms with E-state index in [1.165, 1.54) is 0 Å². The summed E-state index contributed by atoms with van der Waals surface area (Å²) in [5.41, 5.74) is 5.24. The summed E-state index contributed by atoms with van der Waals surface area (Å²) in [5, 5.41) is 12.0. The zero-order valence-electron chi connectivity index (χ0n) is 11.9. The molecule has 1 unspecified atom stereocenters. The number of hydrogen-bond donors (Lipinski definition) is 3. The van der Waals surface area contributed by atoms with E-state index in [1.54, 1.807) is 13.8 Å². The lowest BCUT2D eigenvalue weighted by molar-refractivity contribution is -0.148. The van der Waals surface area contributed by atoms with Gasteiger partial charge < -0.3 is 16.2 Å². The molecule has 0 aliphatic heterocycles. The second kappa shape index (κ2) is 7.05. The van der Waals surface area contributed by atoms with Crippen LogP contribution in [0.15, 0.2) is 30.3 Å². The summed E-state index contributed by atoms with van der Waals surface area (Å²) in [6, 6.07) is 9.15. The molecule has 110 valence electrons. The van der Waals surface area contributed by atoms with Crippen LogP contribution >= 0.6 is 0 Å². The highest BCUT2D eigenvalue weighted by Gasteiger charge is 2.38. The maximum absolute atomic E-state index is 12.4. The van der Waals surface area contributed by atoms with Crippen molar-refractivity contribution < 1.29 is 14.7 Å². The van der Waals surface area contributed by atoms with Gasteiger partial charge in [-0.3, -0.25) is 4.79 Å². The lowest BCUT2D eigenvalue weighted by atomic mass is 9.90. The van der Waals surface area contributed by atoms with Crippen molar-refractivity contribution >= 4 is 11.9 Å². The van der Waals surface area contributed by atoms with Gasteiger partial charge in [-0.25, -0.2) is 4.79 Å². The smallest absolute Gasteiger partial charge is 0.329 e. The molecule has 1 aromatic rings. The van der Waals surface area contributed by atoms with E-state index >= 15 is 0 Å². The molecular formula is C15H22N2O3. The predicted molar refractivity (Wildman–Crippen MR) is 77.3 cm³/mol. The molecule has 0 radical (unpaired) electrons. The summed E-state index contributed by atoms with van der Waals surface area (Å²) >= 11 is 0. The summed E-state index contributed by atoms with van der Waals surface area (Å²) in [6.07, 6.45) is 0.660. The number of rotatable bonds is 7. The first-order chi connectivity index (χ1) is 9.50. The maximum atomic E-state index is 12.4. The topological polar surface area (TPSA) is 92.4 Å². The Labute approximate surface area is 119 Å². The number of nitrogens with two attached hydrogens (primary N) is 1. The Hall–Kier alpha value is -1.88. The summed E-state index contributed by atoms with van der Waals surface area (Å²) in [6.45, 7) is 3.63. The summed E-state index contributed by atoms with van der Waals surface area (Å²) in [7, 11) is 0. The van der Waals surface area contributed by atoms with Crippen molar-refractivity contribution in [3.63, 3.8) is 0 Å². The Balaban J connectivity index is 2.95. The Kier molecular flexibility index (Phi) is 5.70. The fraction of sp³-hybridized carbons (Fsp3) is 0.467. The van der Waals surface area contributed by atoms with Crippen LogP contribution in [0.4, 0.5) is 0 Å². The first-order valence-corrected chi connectivity index (χ1v) is 6.81. The van der Waals surface area contributed by atoms with E-state index in [2.05, 4.69) is 5.32 Å². The number of carboxylic acid groups (broad SMARTS) is 1. The zero-order valence-corrected chi connectivity index (χ0v) is 11.9. The van der Waals surface area contributed by atoms with Gasteiger partial charge in [0.15, 0.2) is 0 Å². The third kappa shape index (κ3) is 3.36. The van der Waals surface area contributed by atoms with Crippen molar-refractivity contribution in [3.8, 4) is 0 Å². The van der Waals surface area contributed by atoms with Gasteiger partial charge in [-0.1, -0.05) is 44.2 Å². The minimum atomic E-state index is -1.22. The number of carbonyl (C=O) groups excluding carboxylic acids is 1. The van der Waals surface area contributed by atoms with E-state index in [0.29, 0.717) is 12.8 Å². The number of nitrogens with one attached hydrogen (secondary N) is 1. The molecule has 0 saturated heterocycles. The first kappa shape index (κ1) is 16.2. The van der Waals surface area contributed by atoms with Crippen LogP contribution in [0.1, 0.15) is 38.2 Å². The lowest BCUT2D eigenvalue weighted by Crippen LogP contribution is -2.55. The van der Waals surface area contributed by atoms with Crippen LogP contribution in [0, 0.1) is 0 Å². The van der Waals surface area contributed by atoms with Gasteiger partial charge in [0.1, 0.15) is 5.54 Å². The average molecular weight is 278 g/mol. The number of carboxylic acids is 1. The molecule has 0 aliphatic rings. The van der Waals surface area contributed by atoms with E-state index in [4.69, 9.17) is 5.73 Å². The molecule has 1 rings (SSSR count). The fourth-order valence-electron chi connectivity index (χ4n) is 2.19. The molecule has 0 saturated carbocycles. The summed E-state index contributed by atoms with van der Waals surface area (Å²) in [5.74, 6) is -1.89. The number of hydrogen-bond acceptors (Lipinski definition) is 3. The molecule has 1 atom stereocenters. The van der Waals surface area contributed by atoms with Crippen LogP contribution in [0.3, 0.4) is 0 Å². The Morgan fingerprint density at radius 2 is 1.80 bits per heavy atom. The normalized spacial score (nSPS) is 12.8. The third-order valence-corrected chi connectivity index (χ3v) is 3.73. The number of carbonyl (C=O) groups is 2. The van der Waals surface area contributed by atoms with E-state index < -0.39 is 17.4 Å². The van der Waals surface area contributed by atoms with Crippen LogP contribution < -0.4 is 11.1 Å². The van der Waals surface area contributed by atoms with Gasteiger partial charge in [0.05, 0.1) is 5.92 Å². The Morgan fingerprint density at radius 3 is 2.20 bits per heavy atom. The monoisotopic (exact) mass is 278 g/mol. The van der Waals surface area contributed by atoms with E-state index in [0.717, 1.165) is 5.56 Å². The van der Waals surface area contributed by atoms with E-state index in [-0.39, 0.29) is 12.5 Å². The van der Waals surface area contributed by atoms with Gasteiger partial charge in [0, 0.05) is 6.54 Å². The average Bonchev–Trinajstić information content (AvgIpc) is 2.46. The SMILES string of the molecule is CCC(CC)(NC(=O)C(CN)c1ccccc1)C(=O)O. The molecule has 0 fully saturated rings. The molecule has 0 bridgehead atoms. The van der Waals surface area contributed by atoms with Crippen molar-refractivity contribution in [1.29, 1.82) is 0 Å². The maximum Gasteiger partial charge on any atom is 0.329 e. The van der Waals surface area contributed by atoms with Gasteiger partial charge in [-0.15, -0.1) is 0 Å². The second-order valence-electron chi connectivity index (χ2n) is 4.78. The first-order valence-electron chi connectivity index (χ1n) is 6.81. The molecule has 5 nitrogen and oxygen atoms in total. The molecule has 0 aliphatic carbocycles. The third-order valence-electron chi connectivity index (χ3n) is 3.73. The van der Waals surface area contributed by atoms with Crippen LogP contribution in [0.25, 0.3) is 0 Å². The van der Waals surface area contributed by atoms with Gasteiger partial charge in [0.25, 0.3) is 0 Å². The summed E-state index contributed by atoms with van der Waals surface area (Å²) < 4.78 is 0. The summed E-state index contributed by atoms with van der Waals surface area (Å²) in [4.78, 5) is 23.8. The standard InChI is InChI=1S/C15H22N2O3/c1-3-15(4-2,14(19)20)17-13(18)12(10-16)11-8-6-5-7-9-11/h5-9,12H,3-4,10,16H2,1-2H3,(H,17,18)(H,19,20). The van der Waals surface area contributed by atoms with Crippen molar-refractivity contribution in [2.75, 3.05) is 6.54 Å². The molecule has 1 aromatic carbocycles. The van der Waals surface area contributed by atoms with Gasteiger partial charge in [-0.05, 0) is 18.4 Å². The van der Waals surface area contributed by atoms with E-state index in [1.807, 2.05) is 30.3 Å². The highest BCUT2D eigenvalue weighted by Crippen LogP contribution is 2.20.